The van der Waals surface area contributed by atoms with E-state index in [1.807, 2.05) is 6.07 Å². The molecule has 1 atom stereocenters. The van der Waals surface area contributed by atoms with Crippen LogP contribution >= 0.6 is 0 Å². The van der Waals surface area contributed by atoms with Crippen molar-refractivity contribution in [1.29, 1.82) is 0 Å². The largest absolute Gasteiger partial charge is 0.389 e. The molecule has 2 nitrogen and oxygen atoms in total. The second-order valence-electron chi connectivity index (χ2n) is 5.92. The quantitative estimate of drug-likeness (QED) is 0.899. The minimum absolute atomic E-state index is 0.307. The maximum Gasteiger partial charge on any atom is 0.131 e. The van der Waals surface area contributed by atoms with Gasteiger partial charge in [0.2, 0.25) is 0 Å². The first-order valence-electron chi connectivity index (χ1n) is 7.22. The van der Waals surface area contributed by atoms with Crippen molar-refractivity contribution in [2.45, 2.75) is 39.7 Å². The summed E-state index contributed by atoms with van der Waals surface area (Å²) in [6.07, 6.45) is 1.53. The Morgan fingerprint density at radius 1 is 1.21 bits per heavy atom. The molecule has 1 saturated heterocycles. The molecule has 1 aromatic rings. The number of nitrogens with zero attached hydrogens (tertiary/aromatic N) is 1. The number of rotatable bonds is 3. The van der Waals surface area contributed by atoms with E-state index in [0.29, 0.717) is 11.5 Å². The molecule has 19 heavy (non-hydrogen) atoms. The molecule has 1 aliphatic rings. The van der Waals surface area contributed by atoms with Gasteiger partial charge in [-0.15, -0.1) is 0 Å². The Morgan fingerprint density at radius 2 is 1.84 bits per heavy atom. The Kier molecular flexibility index (Phi) is 4.46. The molecule has 1 unspecified atom stereocenters. The van der Waals surface area contributed by atoms with Crippen molar-refractivity contribution in [2.24, 2.45) is 11.8 Å². The Labute approximate surface area is 115 Å². The first-order chi connectivity index (χ1) is 9.00. The van der Waals surface area contributed by atoms with Crippen molar-refractivity contribution in [1.82, 2.24) is 0 Å². The summed E-state index contributed by atoms with van der Waals surface area (Å²) >= 11 is 0. The van der Waals surface area contributed by atoms with Crippen molar-refractivity contribution in [3.05, 3.63) is 29.6 Å². The lowest BCUT2D eigenvalue weighted by molar-refractivity contribution is 0.194. The van der Waals surface area contributed by atoms with Gasteiger partial charge in [0.05, 0.1) is 6.10 Å². The molecule has 1 heterocycles. The average Bonchev–Trinajstić information content (AvgIpc) is 2.38. The molecule has 0 amide bonds. The van der Waals surface area contributed by atoms with E-state index in [1.54, 1.807) is 13.0 Å². The summed E-state index contributed by atoms with van der Waals surface area (Å²) in [5.74, 6) is 1.17. The fourth-order valence-corrected chi connectivity index (χ4v) is 3.02. The molecule has 2 rings (SSSR count). The van der Waals surface area contributed by atoms with Gasteiger partial charge in [-0.05, 0) is 43.7 Å². The van der Waals surface area contributed by atoms with Gasteiger partial charge in [0.25, 0.3) is 0 Å². The second-order valence-corrected chi connectivity index (χ2v) is 5.92. The van der Waals surface area contributed by atoms with E-state index < -0.39 is 6.10 Å². The highest BCUT2D eigenvalue weighted by Gasteiger charge is 2.24. The number of piperidine rings is 1. The van der Waals surface area contributed by atoms with Gasteiger partial charge in [-0.1, -0.05) is 19.9 Å². The molecular formula is C16H24FNO. The first-order valence-corrected chi connectivity index (χ1v) is 7.22. The fourth-order valence-electron chi connectivity index (χ4n) is 3.02. The Bertz CT molecular complexity index is 423. The minimum Gasteiger partial charge on any atom is -0.389 e. The highest BCUT2D eigenvalue weighted by atomic mass is 19.1. The number of anilines is 1. The van der Waals surface area contributed by atoms with E-state index in [1.165, 1.54) is 6.07 Å². The van der Waals surface area contributed by atoms with Crippen molar-refractivity contribution < 1.29 is 9.50 Å². The van der Waals surface area contributed by atoms with Crippen LogP contribution in [0.25, 0.3) is 0 Å². The fraction of sp³-hybridized carbons (Fsp3) is 0.625. The molecule has 3 heteroatoms. The number of hydrogen-bond acceptors (Lipinski definition) is 2. The van der Waals surface area contributed by atoms with E-state index in [2.05, 4.69) is 18.7 Å². The lowest BCUT2D eigenvalue weighted by Gasteiger charge is -2.36. The molecule has 1 aliphatic heterocycles. The molecule has 0 bridgehead atoms. The average molecular weight is 265 g/mol. The summed E-state index contributed by atoms with van der Waals surface area (Å²) in [4.78, 5) is 2.21. The van der Waals surface area contributed by atoms with E-state index >= 15 is 0 Å². The normalized spacial score (nSPS) is 18.9. The molecule has 106 valence electrons. The Morgan fingerprint density at radius 3 is 2.37 bits per heavy atom. The van der Waals surface area contributed by atoms with Crippen LogP contribution in [-0.2, 0) is 0 Å². The van der Waals surface area contributed by atoms with Crippen molar-refractivity contribution in [3.8, 4) is 0 Å². The minimum atomic E-state index is -0.765. The number of aliphatic hydroxyl groups excluding tert-OH is 1. The van der Waals surface area contributed by atoms with Gasteiger partial charge < -0.3 is 10.0 Å². The van der Waals surface area contributed by atoms with Crippen LogP contribution in [0, 0.1) is 17.7 Å². The summed E-state index contributed by atoms with van der Waals surface area (Å²) in [5.41, 5.74) is 1.29. The SMILES string of the molecule is CC(O)c1c(F)cccc1N1CCC(C(C)C)CC1. The van der Waals surface area contributed by atoms with Crippen LogP contribution in [-0.4, -0.2) is 18.2 Å². The van der Waals surface area contributed by atoms with E-state index in [4.69, 9.17) is 0 Å². The van der Waals surface area contributed by atoms with Gasteiger partial charge in [0.1, 0.15) is 5.82 Å². The van der Waals surface area contributed by atoms with Crippen LogP contribution in [0.15, 0.2) is 18.2 Å². The Hall–Kier alpha value is -1.09. The summed E-state index contributed by atoms with van der Waals surface area (Å²) in [6, 6.07) is 5.07. The van der Waals surface area contributed by atoms with Crippen molar-refractivity contribution in [3.63, 3.8) is 0 Å². The van der Waals surface area contributed by atoms with E-state index in [9.17, 15) is 9.50 Å². The maximum atomic E-state index is 13.9. The lowest BCUT2D eigenvalue weighted by atomic mass is 9.86. The van der Waals surface area contributed by atoms with Crippen LogP contribution in [0.2, 0.25) is 0 Å². The molecule has 0 spiro atoms. The zero-order valence-electron chi connectivity index (χ0n) is 12.1. The van der Waals surface area contributed by atoms with E-state index in [-0.39, 0.29) is 5.82 Å². The smallest absolute Gasteiger partial charge is 0.131 e. The van der Waals surface area contributed by atoms with Crippen molar-refractivity contribution in [2.75, 3.05) is 18.0 Å². The molecule has 0 saturated carbocycles. The highest BCUT2D eigenvalue weighted by molar-refractivity contribution is 5.55. The third-order valence-corrected chi connectivity index (χ3v) is 4.27. The zero-order chi connectivity index (χ0) is 14.0. The van der Waals surface area contributed by atoms with E-state index in [0.717, 1.165) is 37.5 Å². The number of hydrogen-bond donors (Lipinski definition) is 1. The van der Waals surface area contributed by atoms with Gasteiger partial charge in [-0.25, -0.2) is 4.39 Å². The summed E-state index contributed by atoms with van der Waals surface area (Å²) in [7, 11) is 0. The second kappa shape index (κ2) is 5.91. The maximum absolute atomic E-state index is 13.9. The van der Waals surface area contributed by atoms with Gasteiger partial charge in [-0.2, -0.15) is 0 Å². The topological polar surface area (TPSA) is 23.5 Å². The zero-order valence-corrected chi connectivity index (χ0v) is 12.1. The summed E-state index contributed by atoms with van der Waals surface area (Å²) in [6.45, 7) is 8.06. The van der Waals surface area contributed by atoms with Crippen molar-refractivity contribution >= 4 is 5.69 Å². The molecule has 0 radical (unpaired) electrons. The standard InChI is InChI=1S/C16H24FNO/c1-11(2)13-7-9-18(10-8-13)15-6-4-5-14(17)16(15)12(3)19/h4-6,11-13,19H,7-10H2,1-3H3. The molecule has 1 aromatic carbocycles. The van der Waals surface area contributed by atoms with Gasteiger partial charge >= 0.3 is 0 Å². The number of halogens is 1. The van der Waals surface area contributed by atoms with Gasteiger partial charge in [0, 0.05) is 24.3 Å². The lowest BCUT2D eigenvalue weighted by Crippen LogP contribution is -2.36. The van der Waals surface area contributed by atoms with Crippen LogP contribution in [0.5, 0.6) is 0 Å². The third kappa shape index (κ3) is 3.08. The first kappa shape index (κ1) is 14.3. The number of benzene rings is 1. The van der Waals surface area contributed by atoms with Crippen LogP contribution in [0.1, 0.15) is 45.3 Å². The van der Waals surface area contributed by atoms with Crippen LogP contribution < -0.4 is 4.90 Å². The highest BCUT2D eigenvalue weighted by Crippen LogP contribution is 2.33. The molecule has 1 N–H and O–H groups in total. The van der Waals surface area contributed by atoms with Crippen LogP contribution in [0.4, 0.5) is 10.1 Å². The molecule has 1 fully saturated rings. The van der Waals surface area contributed by atoms with Gasteiger partial charge in [0.15, 0.2) is 0 Å². The number of aliphatic hydroxyl groups is 1. The third-order valence-electron chi connectivity index (χ3n) is 4.27. The van der Waals surface area contributed by atoms with Gasteiger partial charge in [-0.3, -0.25) is 0 Å². The Balaban J connectivity index is 2.18. The molecular weight excluding hydrogens is 241 g/mol. The monoisotopic (exact) mass is 265 g/mol. The molecule has 0 aliphatic carbocycles. The summed E-state index contributed by atoms with van der Waals surface area (Å²) in [5, 5.41) is 9.79. The predicted octanol–water partition coefficient (Wildman–Crippen LogP) is 3.75. The molecule has 0 aromatic heterocycles. The van der Waals surface area contributed by atoms with Crippen LogP contribution in [0.3, 0.4) is 0 Å². The summed E-state index contributed by atoms with van der Waals surface area (Å²) < 4.78 is 13.9. The predicted molar refractivity (Wildman–Crippen MR) is 76.8 cm³/mol.